The molecule has 1 amide bonds. The quantitative estimate of drug-likeness (QED) is 0.645. The fourth-order valence-corrected chi connectivity index (χ4v) is 1.72. The molecule has 112 valence electrons. The molecule has 4 heteroatoms. The molecule has 0 aliphatic carbocycles. The molecular weight excluding hydrogens is 281 g/mol. The van der Waals surface area contributed by atoms with E-state index in [0.29, 0.717) is 18.0 Å². The number of carbonyl (C=O) groups is 1. The van der Waals surface area contributed by atoms with E-state index < -0.39 is 0 Å². The second-order valence-electron chi connectivity index (χ2n) is 4.50. The van der Waals surface area contributed by atoms with Gasteiger partial charge in [0, 0.05) is 11.8 Å². The lowest BCUT2D eigenvalue weighted by atomic mass is 10.2. The highest BCUT2D eigenvalue weighted by Gasteiger charge is 1.99. The summed E-state index contributed by atoms with van der Waals surface area (Å²) < 4.78 is 18.1. The molecule has 0 radical (unpaired) electrons. The number of benzene rings is 2. The number of amides is 1. The summed E-state index contributed by atoms with van der Waals surface area (Å²) in [5, 5.41) is 2.73. The monoisotopic (exact) mass is 297 g/mol. The Morgan fingerprint density at radius 2 is 1.82 bits per heavy atom. The van der Waals surface area contributed by atoms with Crippen molar-refractivity contribution in [1.82, 2.24) is 0 Å². The zero-order valence-corrected chi connectivity index (χ0v) is 12.0. The van der Waals surface area contributed by atoms with E-state index in [0.717, 1.165) is 5.56 Å². The van der Waals surface area contributed by atoms with Gasteiger partial charge < -0.3 is 10.1 Å². The number of anilines is 1. The number of nitrogens with one attached hydrogen (secondary N) is 1. The average molecular weight is 297 g/mol. The Hall–Kier alpha value is -2.88. The maximum absolute atomic E-state index is 12.8. The lowest BCUT2D eigenvalue weighted by Gasteiger charge is -2.05. The number of ether oxygens (including phenoxy) is 1. The molecule has 22 heavy (non-hydrogen) atoms. The Morgan fingerprint density at radius 1 is 1.14 bits per heavy atom. The third-order valence-corrected chi connectivity index (χ3v) is 2.79. The average Bonchev–Trinajstić information content (AvgIpc) is 2.54. The first-order valence-corrected chi connectivity index (χ1v) is 6.76. The van der Waals surface area contributed by atoms with Crippen molar-refractivity contribution in [2.24, 2.45) is 0 Å². The van der Waals surface area contributed by atoms with Crippen molar-refractivity contribution in [2.45, 2.75) is 0 Å². The van der Waals surface area contributed by atoms with Gasteiger partial charge in [-0.3, -0.25) is 4.79 Å². The van der Waals surface area contributed by atoms with Gasteiger partial charge in [-0.25, -0.2) is 4.39 Å². The predicted octanol–water partition coefficient (Wildman–Crippen LogP) is 4.04. The molecular formula is C18H16FNO2. The Kier molecular flexibility index (Phi) is 5.49. The summed E-state index contributed by atoms with van der Waals surface area (Å²) in [5.74, 6) is 0.143. The van der Waals surface area contributed by atoms with E-state index in [9.17, 15) is 9.18 Å². The molecule has 0 aromatic heterocycles. The third kappa shape index (κ3) is 4.90. The molecule has 1 N–H and O–H groups in total. The molecule has 0 spiro atoms. The number of hydrogen-bond donors (Lipinski definition) is 1. The predicted molar refractivity (Wildman–Crippen MR) is 86.2 cm³/mol. The van der Waals surface area contributed by atoms with Crippen LogP contribution in [0.2, 0.25) is 0 Å². The van der Waals surface area contributed by atoms with Crippen LogP contribution in [0.4, 0.5) is 10.1 Å². The van der Waals surface area contributed by atoms with Gasteiger partial charge in [0.1, 0.15) is 18.2 Å². The van der Waals surface area contributed by atoms with E-state index >= 15 is 0 Å². The second-order valence-corrected chi connectivity index (χ2v) is 4.50. The number of hydrogen-bond acceptors (Lipinski definition) is 2. The van der Waals surface area contributed by atoms with Crippen molar-refractivity contribution in [3.63, 3.8) is 0 Å². The minimum absolute atomic E-state index is 0.260. The van der Waals surface area contributed by atoms with Crippen LogP contribution in [0.5, 0.6) is 5.75 Å². The Morgan fingerprint density at radius 3 is 2.45 bits per heavy atom. The van der Waals surface area contributed by atoms with E-state index in [1.807, 2.05) is 0 Å². The van der Waals surface area contributed by atoms with Gasteiger partial charge in [-0.15, -0.1) is 0 Å². The van der Waals surface area contributed by atoms with Crippen molar-refractivity contribution in [2.75, 3.05) is 11.9 Å². The smallest absolute Gasteiger partial charge is 0.248 e. The van der Waals surface area contributed by atoms with Crippen LogP contribution in [-0.4, -0.2) is 12.5 Å². The van der Waals surface area contributed by atoms with Crippen LogP contribution >= 0.6 is 0 Å². The van der Waals surface area contributed by atoms with Crippen molar-refractivity contribution >= 4 is 17.7 Å². The van der Waals surface area contributed by atoms with Crippen molar-refractivity contribution in [1.29, 1.82) is 0 Å². The van der Waals surface area contributed by atoms with Crippen molar-refractivity contribution < 1.29 is 13.9 Å². The second kappa shape index (κ2) is 7.78. The van der Waals surface area contributed by atoms with Crippen LogP contribution in [0.25, 0.3) is 6.08 Å². The zero-order chi connectivity index (χ0) is 15.8. The van der Waals surface area contributed by atoms with E-state index in [2.05, 4.69) is 11.9 Å². The summed E-state index contributed by atoms with van der Waals surface area (Å²) in [6, 6.07) is 12.9. The van der Waals surface area contributed by atoms with Gasteiger partial charge in [-0.2, -0.15) is 0 Å². The molecule has 0 aliphatic rings. The maximum atomic E-state index is 12.8. The van der Waals surface area contributed by atoms with Crippen LogP contribution < -0.4 is 10.1 Å². The van der Waals surface area contributed by atoms with E-state index in [-0.39, 0.29) is 11.7 Å². The molecule has 3 nitrogen and oxygen atoms in total. The van der Waals surface area contributed by atoms with Gasteiger partial charge >= 0.3 is 0 Å². The molecule has 0 unspecified atom stereocenters. The molecule has 0 aliphatic heterocycles. The number of rotatable bonds is 6. The fourth-order valence-electron chi connectivity index (χ4n) is 1.72. The Labute approximate surface area is 128 Å². The highest BCUT2D eigenvalue weighted by atomic mass is 19.1. The number of carbonyl (C=O) groups excluding carboxylic acids is 1. The van der Waals surface area contributed by atoms with Gasteiger partial charge in [0.15, 0.2) is 0 Å². The van der Waals surface area contributed by atoms with Gasteiger partial charge in [0.05, 0.1) is 0 Å². The minimum Gasteiger partial charge on any atom is -0.490 e. The fraction of sp³-hybridized carbons (Fsp3) is 0.0556. The first kappa shape index (κ1) is 15.5. The molecule has 0 atom stereocenters. The van der Waals surface area contributed by atoms with Gasteiger partial charge in [-0.05, 0) is 48.0 Å². The number of halogens is 1. The maximum Gasteiger partial charge on any atom is 0.248 e. The Balaban J connectivity index is 1.91. The first-order chi connectivity index (χ1) is 10.7. The summed E-state index contributed by atoms with van der Waals surface area (Å²) in [6.45, 7) is 4.01. The molecule has 0 bridgehead atoms. The van der Waals surface area contributed by atoms with Crippen LogP contribution in [0, 0.1) is 5.82 Å². The highest BCUT2D eigenvalue weighted by molar-refractivity contribution is 6.01. The molecule has 0 saturated heterocycles. The largest absolute Gasteiger partial charge is 0.490 e. The summed E-state index contributed by atoms with van der Waals surface area (Å²) in [6.07, 6.45) is 4.68. The topological polar surface area (TPSA) is 38.3 Å². The molecule has 0 fully saturated rings. The zero-order valence-electron chi connectivity index (χ0n) is 12.0. The lowest BCUT2D eigenvalue weighted by molar-refractivity contribution is -0.111. The van der Waals surface area contributed by atoms with Crippen LogP contribution in [0.3, 0.4) is 0 Å². The normalized spacial score (nSPS) is 10.4. The molecule has 2 rings (SSSR count). The minimum atomic E-state index is -0.305. The van der Waals surface area contributed by atoms with Crippen LogP contribution in [0.15, 0.2) is 67.3 Å². The van der Waals surface area contributed by atoms with E-state index in [4.69, 9.17) is 4.74 Å². The summed E-state index contributed by atoms with van der Waals surface area (Å²) >= 11 is 0. The van der Waals surface area contributed by atoms with Crippen molar-refractivity contribution in [3.05, 3.63) is 78.6 Å². The van der Waals surface area contributed by atoms with Crippen molar-refractivity contribution in [3.8, 4) is 5.75 Å². The Bertz CT molecular complexity index is 660. The lowest BCUT2D eigenvalue weighted by Crippen LogP contribution is -2.07. The first-order valence-electron chi connectivity index (χ1n) is 6.76. The van der Waals surface area contributed by atoms with Gasteiger partial charge in [0.2, 0.25) is 5.91 Å². The van der Waals surface area contributed by atoms with E-state index in [1.165, 1.54) is 18.2 Å². The van der Waals surface area contributed by atoms with Gasteiger partial charge in [-0.1, -0.05) is 24.8 Å². The summed E-state index contributed by atoms with van der Waals surface area (Å²) in [7, 11) is 0. The standard InChI is InChI=1S/C18H16FNO2/c1-2-13-22-17-10-8-16(9-11-17)20-18(21)12-5-14-3-6-15(19)7-4-14/h2-12H,1,13H2,(H,20,21). The highest BCUT2D eigenvalue weighted by Crippen LogP contribution is 2.15. The van der Waals surface area contributed by atoms with E-state index in [1.54, 1.807) is 48.6 Å². The summed E-state index contributed by atoms with van der Waals surface area (Å²) in [4.78, 5) is 11.8. The molecule has 0 saturated carbocycles. The molecule has 2 aromatic carbocycles. The van der Waals surface area contributed by atoms with Crippen LogP contribution in [-0.2, 0) is 4.79 Å². The van der Waals surface area contributed by atoms with Gasteiger partial charge in [0.25, 0.3) is 0 Å². The molecule has 2 aromatic rings. The molecule has 0 heterocycles. The van der Waals surface area contributed by atoms with Crippen LogP contribution in [0.1, 0.15) is 5.56 Å². The SMILES string of the molecule is C=CCOc1ccc(NC(=O)C=Cc2ccc(F)cc2)cc1. The third-order valence-electron chi connectivity index (χ3n) is 2.79. The summed E-state index contributed by atoms with van der Waals surface area (Å²) in [5.41, 5.74) is 1.42.